The Balaban J connectivity index is 2.26. The number of nitrogens with zero attached hydrogens (tertiary/aromatic N) is 3. The minimum absolute atomic E-state index is 0.136. The molecule has 1 aromatic rings. The molecule has 0 aromatic heterocycles. The smallest absolute Gasteiger partial charge is 0.338 e. The van der Waals surface area contributed by atoms with Crippen LogP contribution in [0.15, 0.2) is 40.5 Å². The topological polar surface area (TPSA) is 102 Å². The van der Waals surface area contributed by atoms with Crippen LogP contribution in [0, 0.1) is 10.1 Å². The zero-order chi connectivity index (χ0) is 18.1. The van der Waals surface area contributed by atoms with Crippen LogP contribution in [0.2, 0.25) is 0 Å². The molecule has 130 valence electrons. The number of methoxy groups -OCH3 is 1. The molecular weight excluding hydrogens is 346 g/mol. The van der Waals surface area contributed by atoms with E-state index in [1.807, 2.05) is 0 Å². The van der Waals surface area contributed by atoms with Crippen LogP contribution in [-0.4, -0.2) is 39.7 Å². The molecule has 25 heavy (non-hydrogen) atoms. The number of nitro groups is 1. The molecule has 1 saturated heterocycles. The van der Waals surface area contributed by atoms with Gasteiger partial charge in [-0.3, -0.25) is 19.8 Å². The molecule has 0 bridgehead atoms. The highest BCUT2D eigenvalue weighted by Gasteiger charge is 2.43. The van der Waals surface area contributed by atoms with Crippen LogP contribution in [-0.2, 0) is 14.3 Å². The number of amides is 1. The van der Waals surface area contributed by atoms with Crippen molar-refractivity contribution in [1.82, 2.24) is 4.90 Å². The van der Waals surface area contributed by atoms with Crippen molar-refractivity contribution in [2.24, 2.45) is 4.99 Å². The van der Waals surface area contributed by atoms with Crippen molar-refractivity contribution in [1.29, 1.82) is 0 Å². The molecule has 0 saturated carbocycles. The van der Waals surface area contributed by atoms with Gasteiger partial charge < -0.3 is 4.74 Å². The van der Waals surface area contributed by atoms with Gasteiger partial charge in [0.25, 0.3) is 5.69 Å². The summed E-state index contributed by atoms with van der Waals surface area (Å²) in [5.41, 5.74) is 0.627. The third-order valence-corrected chi connectivity index (χ3v) is 4.99. The van der Waals surface area contributed by atoms with Gasteiger partial charge in [-0.2, -0.15) is 0 Å². The fraction of sp³-hybridized carbons (Fsp3) is 0.312. The lowest BCUT2D eigenvalue weighted by Crippen LogP contribution is -2.46. The lowest BCUT2D eigenvalue weighted by molar-refractivity contribution is -0.385. The first-order chi connectivity index (χ1) is 12.0. The summed E-state index contributed by atoms with van der Waals surface area (Å²) in [5.74, 6) is -0.306. The minimum atomic E-state index is -0.929. The minimum Gasteiger partial charge on any atom is -0.466 e. The maximum absolute atomic E-state index is 12.5. The van der Waals surface area contributed by atoms with Gasteiger partial charge >= 0.3 is 5.97 Å². The van der Waals surface area contributed by atoms with E-state index in [0.29, 0.717) is 16.6 Å². The third kappa shape index (κ3) is 2.91. The van der Waals surface area contributed by atoms with Crippen LogP contribution in [0.25, 0.3) is 0 Å². The number of fused-ring (bicyclic) bond motifs is 1. The summed E-state index contributed by atoms with van der Waals surface area (Å²) in [7, 11) is 1.23. The predicted octanol–water partition coefficient (Wildman–Crippen LogP) is 2.42. The Morgan fingerprint density at radius 3 is 2.84 bits per heavy atom. The quantitative estimate of drug-likeness (QED) is 0.465. The fourth-order valence-corrected chi connectivity index (χ4v) is 3.95. The maximum atomic E-state index is 12.5. The summed E-state index contributed by atoms with van der Waals surface area (Å²) in [6.45, 7) is 1.64. The summed E-state index contributed by atoms with van der Waals surface area (Å²) in [4.78, 5) is 41.6. The number of nitro benzene ring substituents is 1. The summed E-state index contributed by atoms with van der Waals surface area (Å²) in [6, 6.07) is 5.16. The monoisotopic (exact) mass is 361 g/mol. The number of ether oxygens (including phenoxy) is 1. The van der Waals surface area contributed by atoms with Crippen LogP contribution < -0.4 is 0 Å². The van der Waals surface area contributed by atoms with Crippen molar-refractivity contribution < 1.29 is 19.2 Å². The Morgan fingerprint density at radius 1 is 1.44 bits per heavy atom. The Labute approximate surface area is 147 Å². The molecule has 1 aromatic carbocycles. The number of carbonyl (C=O) groups is 2. The van der Waals surface area contributed by atoms with Crippen LogP contribution in [0.1, 0.15) is 24.9 Å². The second kappa shape index (κ2) is 6.67. The van der Waals surface area contributed by atoms with Gasteiger partial charge in [-0.15, -0.1) is 0 Å². The van der Waals surface area contributed by atoms with Crippen molar-refractivity contribution >= 4 is 34.5 Å². The van der Waals surface area contributed by atoms with Gasteiger partial charge in [0.05, 0.1) is 28.9 Å². The molecule has 0 spiro atoms. The molecule has 1 atom stereocenters. The standard InChI is InChI=1S/C16H15N3O5S/c1-9-13(15(21)24-2)14(10-5-3-4-6-11(10)19(22)23)18-12(20)7-8-25-16(18)17-9/h3-6,14H,7-8H2,1-2H3/t14-/m1/s1. The SMILES string of the molecule is COC(=O)C1=C(C)N=C2SCCC(=O)N2[C@@H]1c1ccccc1[N+](=O)[O-]. The molecule has 0 radical (unpaired) electrons. The van der Waals surface area contributed by atoms with E-state index in [4.69, 9.17) is 4.74 Å². The Bertz CT molecular complexity index is 833. The van der Waals surface area contributed by atoms with Gasteiger partial charge in [-0.05, 0) is 13.0 Å². The summed E-state index contributed by atoms with van der Waals surface area (Å²) < 4.78 is 4.85. The van der Waals surface area contributed by atoms with Crippen molar-refractivity contribution in [3.63, 3.8) is 0 Å². The van der Waals surface area contributed by atoms with Gasteiger partial charge in [0.1, 0.15) is 6.04 Å². The number of amidine groups is 1. The summed E-state index contributed by atoms with van der Waals surface area (Å²) in [5, 5.41) is 11.9. The molecule has 2 aliphatic heterocycles. The number of rotatable bonds is 3. The first-order valence-corrected chi connectivity index (χ1v) is 8.50. The zero-order valence-corrected chi connectivity index (χ0v) is 14.4. The van der Waals surface area contributed by atoms with Crippen molar-refractivity contribution in [2.45, 2.75) is 19.4 Å². The first kappa shape index (κ1) is 17.2. The number of thioether (sulfide) groups is 1. The van der Waals surface area contributed by atoms with Crippen LogP contribution in [0.5, 0.6) is 0 Å². The number of esters is 1. The number of para-hydroxylation sites is 1. The zero-order valence-electron chi connectivity index (χ0n) is 13.6. The lowest BCUT2D eigenvalue weighted by atomic mass is 9.93. The average Bonchev–Trinajstić information content (AvgIpc) is 2.60. The van der Waals surface area contributed by atoms with E-state index in [1.165, 1.54) is 29.8 Å². The van der Waals surface area contributed by atoms with E-state index in [-0.39, 0.29) is 29.2 Å². The molecule has 2 aliphatic rings. The number of allylic oxidation sites excluding steroid dienone is 1. The Morgan fingerprint density at radius 2 is 2.16 bits per heavy atom. The van der Waals surface area contributed by atoms with Gasteiger partial charge in [-0.25, -0.2) is 9.79 Å². The molecule has 9 heteroatoms. The number of benzene rings is 1. The van der Waals surface area contributed by atoms with Gasteiger partial charge in [-0.1, -0.05) is 23.9 Å². The maximum Gasteiger partial charge on any atom is 0.338 e. The average molecular weight is 361 g/mol. The van der Waals surface area contributed by atoms with E-state index in [2.05, 4.69) is 4.99 Å². The molecule has 1 amide bonds. The van der Waals surface area contributed by atoms with E-state index in [1.54, 1.807) is 25.1 Å². The number of hydrogen-bond donors (Lipinski definition) is 0. The van der Waals surface area contributed by atoms with E-state index in [9.17, 15) is 19.7 Å². The number of hydrogen-bond acceptors (Lipinski definition) is 7. The predicted molar refractivity (Wildman–Crippen MR) is 91.9 cm³/mol. The molecular formula is C16H15N3O5S. The number of carbonyl (C=O) groups excluding carboxylic acids is 2. The van der Waals surface area contributed by atoms with Crippen LogP contribution in [0.4, 0.5) is 5.69 Å². The normalized spacial score (nSPS) is 20.1. The van der Waals surface area contributed by atoms with E-state index < -0.39 is 16.9 Å². The van der Waals surface area contributed by atoms with Crippen molar-refractivity contribution in [3.05, 3.63) is 51.2 Å². The second-order valence-electron chi connectivity index (χ2n) is 5.47. The number of aliphatic imine (C=N–C) groups is 1. The van der Waals surface area contributed by atoms with Gasteiger partial charge in [0.15, 0.2) is 5.17 Å². The van der Waals surface area contributed by atoms with Crippen molar-refractivity contribution in [3.8, 4) is 0 Å². The Kier molecular flexibility index (Phi) is 4.58. The lowest BCUT2D eigenvalue weighted by Gasteiger charge is -2.38. The Hall–Kier alpha value is -2.68. The fourth-order valence-electron chi connectivity index (χ4n) is 2.95. The van der Waals surface area contributed by atoms with Gasteiger partial charge in [0, 0.05) is 18.2 Å². The largest absolute Gasteiger partial charge is 0.466 e. The first-order valence-electron chi connectivity index (χ1n) is 7.51. The summed E-state index contributed by atoms with van der Waals surface area (Å²) in [6.07, 6.45) is 0.272. The van der Waals surface area contributed by atoms with Crippen LogP contribution >= 0.6 is 11.8 Å². The van der Waals surface area contributed by atoms with E-state index in [0.717, 1.165) is 0 Å². The molecule has 0 unspecified atom stereocenters. The molecule has 2 heterocycles. The second-order valence-corrected chi connectivity index (χ2v) is 6.53. The molecule has 3 rings (SSSR count). The highest BCUT2D eigenvalue weighted by molar-refractivity contribution is 8.14. The molecule has 0 aliphatic carbocycles. The molecule has 8 nitrogen and oxygen atoms in total. The van der Waals surface area contributed by atoms with Crippen molar-refractivity contribution in [2.75, 3.05) is 12.9 Å². The highest BCUT2D eigenvalue weighted by Crippen LogP contribution is 2.42. The molecule has 1 fully saturated rings. The van der Waals surface area contributed by atoms with Crippen LogP contribution in [0.3, 0.4) is 0 Å². The van der Waals surface area contributed by atoms with E-state index >= 15 is 0 Å². The molecule has 0 N–H and O–H groups in total. The summed E-state index contributed by atoms with van der Waals surface area (Å²) >= 11 is 1.39. The third-order valence-electron chi connectivity index (χ3n) is 4.04. The van der Waals surface area contributed by atoms with Gasteiger partial charge in [0.2, 0.25) is 5.91 Å². The highest BCUT2D eigenvalue weighted by atomic mass is 32.2.